The molecule has 0 radical (unpaired) electrons. The number of para-hydroxylation sites is 1. The molecular weight excluding hydrogens is 284 g/mol. The largest absolute Gasteiger partial charge is 0.395 e. The lowest BCUT2D eigenvalue weighted by Crippen LogP contribution is -2.61. The molecule has 2 saturated heterocycles. The van der Waals surface area contributed by atoms with Crippen molar-refractivity contribution in [2.75, 3.05) is 57.5 Å². The molecule has 0 unspecified atom stereocenters. The molecular formula is C16H22N2O4. The van der Waals surface area contributed by atoms with E-state index in [0.717, 1.165) is 12.2 Å². The molecule has 0 aromatic heterocycles. The summed E-state index contributed by atoms with van der Waals surface area (Å²) in [5.74, 6) is -0.0326. The van der Waals surface area contributed by atoms with Crippen LogP contribution in [0.3, 0.4) is 0 Å². The summed E-state index contributed by atoms with van der Waals surface area (Å²) in [5.41, 5.74) is 0.350. The second kappa shape index (κ2) is 6.75. The molecule has 1 N–H and O–H groups in total. The molecule has 1 atom stereocenters. The van der Waals surface area contributed by atoms with Gasteiger partial charge in [0.1, 0.15) is 12.2 Å². The second-order valence-corrected chi connectivity index (χ2v) is 5.84. The Morgan fingerprint density at radius 1 is 1.23 bits per heavy atom. The van der Waals surface area contributed by atoms with Gasteiger partial charge >= 0.3 is 0 Å². The van der Waals surface area contributed by atoms with Crippen LogP contribution in [0, 0.1) is 0 Å². The summed E-state index contributed by atoms with van der Waals surface area (Å²) in [7, 11) is 0. The zero-order valence-corrected chi connectivity index (χ0v) is 12.6. The van der Waals surface area contributed by atoms with Crippen molar-refractivity contribution in [2.45, 2.75) is 5.60 Å². The van der Waals surface area contributed by atoms with Gasteiger partial charge in [0.2, 0.25) is 0 Å². The van der Waals surface area contributed by atoms with Gasteiger partial charge in [0.05, 0.1) is 26.4 Å². The van der Waals surface area contributed by atoms with Gasteiger partial charge in [0.25, 0.3) is 5.91 Å². The SMILES string of the molecule is O=C1CO[C@]2(COCCN(CCO)C2)CN1c1ccccc1. The summed E-state index contributed by atoms with van der Waals surface area (Å²) in [6.45, 7) is 3.74. The van der Waals surface area contributed by atoms with Crippen LogP contribution in [0.15, 0.2) is 30.3 Å². The fraction of sp³-hybridized carbons (Fsp3) is 0.562. The highest BCUT2D eigenvalue weighted by atomic mass is 16.6. The molecule has 0 aliphatic carbocycles. The first-order valence-corrected chi connectivity index (χ1v) is 7.63. The third kappa shape index (κ3) is 3.30. The van der Waals surface area contributed by atoms with Gasteiger partial charge in [-0.25, -0.2) is 0 Å². The highest BCUT2D eigenvalue weighted by Gasteiger charge is 2.43. The molecule has 120 valence electrons. The first-order valence-electron chi connectivity index (χ1n) is 7.63. The topological polar surface area (TPSA) is 62.2 Å². The number of ether oxygens (including phenoxy) is 2. The van der Waals surface area contributed by atoms with Gasteiger partial charge in [0.15, 0.2) is 0 Å². The molecule has 2 aliphatic rings. The second-order valence-electron chi connectivity index (χ2n) is 5.84. The number of amides is 1. The number of morpholine rings is 1. The van der Waals surface area contributed by atoms with Crippen molar-refractivity contribution in [2.24, 2.45) is 0 Å². The fourth-order valence-corrected chi connectivity index (χ4v) is 3.06. The average molecular weight is 306 g/mol. The normalized spacial score (nSPS) is 27.1. The van der Waals surface area contributed by atoms with Gasteiger partial charge < -0.3 is 19.5 Å². The molecule has 1 amide bonds. The van der Waals surface area contributed by atoms with Crippen LogP contribution in [0.1, 0.15) is 0 Å². The van der Waals surface area contributed by atoms with Crippen LogP contribution in [0.5, 0.6) is 0 Å². The summed E-state index contributed by atoms with van der Waals surface area (Å²) in [4.78, 5) is 16.1. The number of hydrogen-bond acceptors (Lipinski definition) is 5. The minimum Gasteiger partial charge on any atom is -0.395 e. The van der Waals surface area contributed by atoms with E-state index < -0.39 is 5.60 Å². The molecule has 6 heteroatoms. The zero-order valence-electron chi connectivity index (χ0n) is 12.6. The molecule has 22 heavy (non-hydrogen) atoms. The van der Waals surface area contributed by atoms with E-state index in [9.17, 15) is 9.90 Å². The Hall–Kier alpha value is -1.47. The van der Waals surface area contributed by atoms with Gasteiger partial charge in [-0.15, -0.1) is 0 Å². The zero-order chi connectivity index (χ0) is 15.4. The number of anilines is 1. The number of rotatable bonds is 3. The van der Waals surface area contributed by atoms with Crippen molar-refractivity contribution in [3.05, 3.63) is 30.3 Å². The van der Waals surface area contributed by atoms with E-state index in [1.54, 1.807) is 4.90 Å². The monoisotopic (exact) mass is 306 g/mol. The van der Waals surface area contributed by atoms with Crippen LogP contribution >= 0.6 is 0 Å². The van der Waals surface area contributed by atoms with Gasteiger partial charge in [-0.1, -0.05) is 18.2 Å². The van der Waals surface area contributed by atoms with E-state index >= 15 is 0 Å². The number of aliphatic hydroxyl groups excluding tert-OH is 1. The van der Waals surface area contributed by atoms with Crippen LogP contribution < -0.4 is 4.90 Å². The molecule has 2 aliphatic heterocycles. The Labute approximate surface area is 130 Å². The maximum Gasteiger partial charge on any atom is 0.253 e. The van der Waals surface area contributed by atoms with E-state index in [1.807, 2.05) is 30.3 Å². The van der Waals surface area contributed by atoms with Crippen LogP contribution in [-0.4, -0.2) is 74.1 Å². The molecule has 3 rings (SSSR count). The van der Waals surface area contributed by atoms with Gasteiger partial charge in [-0.05, 0) is 12.1 Å². The quantitative estimate of drug-likeness (QED) is 0.859. The third-order valence-corrected chi connectivity index (χ3v) is 4.16. The average Bonchev–Trinajstić information content (AvgIpc) is 2.74. The molecule has 0 bridgehead atoms. The fourth-order valence-electron chi connectivity index (χ4n) is 3.06. The van der Waals surface area contributed by atoms with E-state index in [0.29, 0.717) is 32.8 Å². The summed E-state index contributed by atoms with van der Waals surface area (Å²) >= 11 is 0. The smallest absolute Gasteiger partial charge is 0.253 e. The van der Waals surface area contributed by atoms with Crippen molar-refractivity contribution < 1.29 is 19.4 Å². The number of nitrogens with zero attached hydrogens (tertiary/aromatic N) is 2. The van der Waals surface area contributed by atoms with Crippen LogP contribution in [0.25, 0.3) is 0 Å². The lowest BCUT2D eigenvalue weighted by molar-refractivity contribution is -0.146. The van der Waals surface area contributed by atoms with Crippen molar-refractivity contribution in [1.29, 1.82) is 0 Å². The standard InChI is InChI=1S/C16H22N2O4/c19-8-6-17-7-9-21-13-16(11-17)12-18(15(20)10-22-16)14-4-2-1-3-5-14/h1-5,19H,6-13H2/t16-/m0/s1. The molecule has 1 spiro atoms. The van der Waals surface area contributed by atoms with Crippen molar-refractivity contribution >= 4 is 11.6 Å². The molecule has 6 nitrogen and oxygen atoms in total. The van der Waals surface area contributed by atoms with E-state index in [-0.39, 0.29) is 19.1 Å². The van der Waals surface area contributed by atoms with E-state index in [2.05, 4.69) is 4.90 Å². The van der Waals surface area contributed by atoms with E-state index in [1.165, 1.54) is 0 Å². The maximum atomic E-state index is 12.2. The first-order chi connectivity index (χ1) is 10.7. The van der Waals surface area contributed by atoms with Gasteiger partial charge in [-0.2, -0.15) is 0 Å². The highest BCUT2D eigenvalue weighted by Crippen LogP contribution is 2.26. The highest BCUT2D eigenvalue weighted by molar-refractivity contribution is 5.95. The molecule has 1 aromatic carbocycles. The van der Waals surface area contributed by atoms with Crippen molar-refractivity contribution in [3.63, 3.8) is 0 Å². The summed E-state index contributed by atoms with van der Waals surface area (Å²) in [6, 6.07) is 9.64. The Morgan fingerprint density at radius 2 is 2.05 bits per heavy atom. The van der Waals surface area contributed by atoms with Gasteiger partial charge in [-0.3, -0.25) is 9.69 Å². The summed E-state index contributed by atoms with van der Waals surface area (Å²) < 4.78 is 11.6. The Morgan fingerprint density at radius 3 is 2.82 bits per heavy atom. The summed E-state index contributed by atoms with van der Waals surface area (Å²) in [5, 5.41) is 9.18. The third-order valence-electron chi connectivity index (χ3n) is 4.16. The molecule has 2 fully saturated rings. The van der Waals surface area contributed by atoms with Crippen molar-refractivity contribution in [3.8, 4) is 0 Å². The lowest BCUT2D eigenvalue weighted by atomic mass is 10.0. The summed E-state index contributed by atoms with van der Waals surface area (Å²) in [6.07, 6.45) is 0. The molecule has 1 aromatic rings. The first kappa shape index (κ1) is 15.4. The molecule has 2 heterocycles. The number of hydrogen-bond donors (Lipinski definition) is 1. The van der Waals surface area contributed by atoms with Crippen LogP contribution in [0.4, 0.5) is 5.69 Å². The minimum atomic E-state index is -0.532. The van der Waals surface area contributed by atoms with Crippen LogP contribution in [-0.2, 0) is 14.3 Å². The minimum absolute atomic E-state index is 0.0326. The molecule has 0 saturated carbocycles. The number of carbonyl (C=O) groups is 1. The Kier molecular flexibility index (Phi) is 4.73. The van der Waals surface area contributed by atoms with Crippen molar-refractivity contribution in [1.82, 2.24) is 4.90 Å². The predicted molar refractivity (Wildman–Crippen MR) is 81.8 cm³/mol. The number of β-amino-alcohol motifs (C(OH)–C–C–N with tert-alkyl or cyclic N) is 1. The number of benzene rings is 1. The Balaban J connectivity index is 1.80. The number of aliphatic hydroxyl groups is 1. The maximum absolute atomic E-state index is 12.2. The predicted octanol–water partition coefficient (Wildman–Crippen LogP) is 0.113. The van der Waals surface area contributed by atoms with Crippen LogP contribution in [0.2, 0.25) is 0 Å². The number of carbonyl (C=O) groups excluding carboxylic acids is 1. The lowest BCUT2D eigenvalue weighted by Gasteiger charge is -2.43. The van der Waals surface area contributed by atoms with E-state index in [4.69, 9.17) is 9.47 Å². The van der Waals surface area contributed by atoms with Gasteiger partial charge in [0, 0.05) is 25.3 Å². The Bertz CT molecular complexity index is 510.